The van der Waals surface area contributed by atoms with Crippen molar-refractivity contribution >= 4 is 6.29 Å². The lowest BCUT2D eigenvalue weighted by Gasteiger charge is -2.31. The van der Waals surface area contributed by atoms with E-state index in [0.29, 0.717) is 11.8 Å². The molecule has 0 N–H and O–H groups in total. The highest BCUT2D eigenvalue weighted by molar-refractivity contribution is 5.49. The maximum Gasteiger partial charge on any atom is 0.120 e. The summed E-state index contributed by atoms with van der Waals surface area (Å²) >= 11 is 0. The van der Waals surface area contributed by atoms with Gasteiger partial charge in [-0.3, -0.25) is 0 Å². The number of carbonyl (C=O) groups excluding carboxylic acids is 1. The average Bonchev–Trinajstić information content (AvgIpc) is 2.03. The summed E-state index contributed by atoms with van der Waals surface area (Å²) in [6.07, 6.45) is 10.0. The first-order chi connectivity index (χ1) is 6.14. The Labute approximate surface area is 81.2 Å². The summed E-state index contributed by atoms with van der Waals surface area (Å²) in [4.78, 5) is 10.1. The maximum absolute atomic E-state index is 10.1. The molecule has 0 aromatic heterocycles. The fourth-order valence-corrected chi connectivity index (χ4v) is 2.12. The van der Waals surface area contributed by atoms with Gasteiger partial charge in [0.05, 0.1) is 0 Å². The van der Waals surface area contributed by atoms with Gasteiger partial charge in [-0.25, -0.2) is 0 Å². The Morgan fingerprint density at radius 3 is 2.77 bits per heavy atom. The molecule has 0 spiro atoms. The third-order valence-corrected chi connectivity index (χ3v) is 2.77. The molecular formula is C12H20O. The van der Waals surface area contributed by atoms with Crippen molar-refractivity contribution in [3.8, 4) is 0 Å². The zero-order valence-electron chi connectivity index (χ0n) is 8.81. The van der Waals surface area contributed by atoms with Crippen LogP contribution in [0, 0.1) is 5.41 Å². The van der Waals surface area contributed by atoms with Crippen LogP contribution < -0.4 is 0 Å². The van der Waals surface area contributed by atoms with E-state index in [4.69, 9.17) is 0 Å². The van der Waals surface area contributed by atoms with Crippen LogP contribution in [0.15, 0.2) is 11.6 Å². The molecule has 13 heavy (non-hydrogen) atoms. The number of rotatable bonds is 3. The van der Waals surface area contributed by atoms with E-state index < -0.39 is 0 Å². The van der Waals surface area contributed by atoms with Gasteiger partial charge in [0.2, 0.25) is 0 Å². The summed E-state index contributed by atoms with van der Waals surface area (Å²) in [6, 6.07) is 0. The number of hydrogen-bond donors (Lipinski definition) is 0. The van der Waals surface area contributed by atoms with Gasteiger partial charge < -0.3 is 4.79 Å². The second-order valence-electron chi connectivity index (χ2n) is 4.80. The lowest BCUT2D eigenvalue weighted by Crippen LogP contribution is -2.16. The molecule has 1 fully saturated rings. The molecule has 1 aliphatic rings. The number of aldehydes is 1. The molecule has 1 rings (SSSR count). The predicted octanol–water partition coefficient (Wildman–Crippen LogP) is 3.49. The fourth-order valence-electron chi connectivity index (χ4n) is 2.12. The van der Waals surface area contributed by atoms with Crippen LogP contribution in [0.2, 0.25) is 0 Å². The minimum atomic E-state index is 0.491. The van der Waals surface area contributed by atoms with Crippen molar-refractivity contribution < 1.29 is 4.79 Å². The van der Waals surface area contributed by atoms with Crippen molar-refractivity contribution in [3.63, 3.8) is 0 Å². The second-order valence-corrected chi connectivity index (χ2v) is 4.80. The van der Waals surface area contributed by atoms with Gasteiger partial charge in [0.25, 0.3) is 0 Å². The van der Waals surface area contributed by atoms with E-state index in [-0.39, 0.29) is 0 Å². The average molecular weight is 180 g/mol. The number of hydrogen-bond acceptors (Lipinski definition) is 1. The first kappa shape index (κ1) is 10.5. The van der Waals surface area contributed by atoms with Crippen molar-refractivity contribution in [2.75, 3.05) is 0 Å². The van der Waals surface area contributed by atoms with E-state index in [9.17, 15) is 4.79 Å². The smallest absolute Gasteiger partial charge is 0.120 e. The molecule has 0 unspecified atom stereocenters. The van der Waals surface area contributed by atoms with E-state index in [1.807, 2.05) is 0 Å². The van der Waals surface area contributed by atoms with E-state index in [1.54, 1.807) is 5.57 Å². The van der Waals surface area contributed by atoms with Crippen LogP contribution in [0.4, 0.5) is 0 Å². The molecule has 0 aliphatic heterocycles. The minimum Gasteiger partial charge on any atom is -0.303 e. The molecule has 0 aromatic carbocycles. The van der Waals surface area contributed by atoms with Crippen molar-refractivity contribution in [2.24, 2.45) is 5.41 Å². The van der Waals surface area contributed by atoms with Crippen LogP contribution in [0.1, 0.15) is 52.4 Å². The van der Waals surface area contributed by atoms with Crippen LogP contribution in [0.5, 0.6) is 0 Å². The minimum absolute atomic E-state index is 0.491. The first-order valence-corrected chi connectivity index (χ1v) is 5.26. The van der Waals surface area contributed by atoms with Gasteiger partial charge >= 0.3 is 0 Å². The molecule has 0 amide bonds. The largest absolute Gasteiger partial charge is 0.303 e. The van der Waals surface area contributed by atoms with Crippen LogP contribution in [-0.2, 0) is 4.79 Å². The number of unbranched alkanes of at least 4 members (excludes halogenated alkanes) is 1. The quantitative estimate of drug-likeness (QED) is 0.369. The standard InChI is InChI=1S/C12H20O/c1-12(2)8-5-7-11(10-12)6-3-4-9-13/h6,9H,3-5,7-8,10H2,1-2H3. The Morgan fingerprint density at radius 2 is 2.15 bits per heavy atom. The second kappa shape index (κ2) is 4.59. The van der Waals surface area contributed by atoms with E-state index in [0.717, 1.165) is 12.7 Å². The molecule has 1 aliphatic carbocycles. The highest BCUT2D eigenvalue weighted by Crippen LogP contribution is 2.38. The highest BCUT2D eigenvalue weighted by atomic mass is 16.1. The summed E-state index contributed by atoms with van der Waals surface area (Å²) in [5, 5.41) is 0. The summed E-state index contributed by atoms with van der Waals surface area (Å²) in [5.41, 5.74) is 2.06. The third kappa shape index (κ3) is 3.75. The molecule has 0 bridgehead atoms. The topological polar surface area (TPSA) is 17.1 Å². The van der Waals surface area contributed by atoms with E-state index >= 15 is 0 Å². The summed E-state index contributed by atoms with van der Waals surface area (Å²) in [7, 11) is 0. The van der Waals surface area contributed by atoms with Gasteiger partial charge in [-0.1, -0.05) is 25.5 Å². The Balaban J connectivity index is 2.41. The lowest BCUT2D eigenvalue weighted by molar-refractivity contribution is -0.107. The first-order valence-electron chi connectivity index (χ1n) is 5.26. The molecule has 1 nitrogen and oxygen atoms in total. The van der Waals surface area contributed by atoms with Crippen LogP contribution in [0.25, 0.3) is 0 Å². The van der Waals surface area contributed by atoms with Gasteiger partial charge in [0.1, 0.15) is 6.29 Å². The Hall–Kier alpha value is -0.590. The summed E-state index contributed by atoms with van der Waals surface area (Å²) < 4.78 is 0. The normalized spacial score (nSPS) is 24.6. The molecular weight excluding hydrogens is 160 g/mol. The molecule has 0 aromatic rings. The SMILES string of the molecule is CC1(C)CCCC(=CCCC=O)C1. The van der Waals surface area contributed by atoms with Gasteiger partial charge in [0, 0.05) is 6.42 Å². The third-order valence-electron chi connectivity index (χ3n) is 2.77. The van der Waals surface area contributed by atoms with Crippen LogP contribution >= 0.6 is 0 Å². The van der Waals surface area contributed by atoms with Gasteiger partial charge in [0.15, 0.2) is 0 Å². The Morgan fingerprint density at radius 1 is 1.38 bits per heavy atom. The van der Waals surface area contributed by atoms with Crippen molar-refractivity contribution in [1.29, 1.82) is 0 Å². The molecule has 74 valence electrons. The molecule has 0 heterocycles. The van der Waals surface area contributed by atoms with E-state index in [2.05, 4.69) is 19.9 Å². The van der Waals surface area contributed by atoms with E-state index in [1.165, 1.54) is 25.7 Å². The van der Waals surface area contributed by atoms with Gasteiger partial charge in [-0.05, 0) is 37.5 Å². The molecule has 1 saturated carbocycles. The van der Waals surface area contributed by atoms with Crippen molar-refractivity contribution in [2.45, 2.75) is 52.4 Å². The predicted molar refractivity (Wildman–Crippen MR) is 55.6 cm³/mol. The monoisotopic (exact) mass is 180 g/mol. The lowest BCUT2D eigenvalue weighted by atomic mass is 9.75. The van der Waals surface area contributed by atoms with Crippen LogP contribution in [0.3, 0.4) is 0 Å². The maximum atomic E-state index is 10.1. The molecule has 1 heteroatoms. The van der Waals surface area contributed by atoms with Crippen LogP contribution in [-0.4, -0.2) is 6.29 Å². The fraction of sp³-hybridized carbons (Fsp3) is 0.750. The Bertz CT molecular complexity index is 201. The number of allylic oxidation sites excluding steroid dienone is 2. The molecule has 0 radical (unpaired) electrons. The molecule has 0 saturated heterocycles. The zero-order chi connectivity index (χ0) is 9.73. The van der Waals surface area contributed by atoms with Gasteiger partial charge in [-0.15, -0.1) is 0 Å². The highest BCUT2D eigenvalue weighted by Gasteiger charge is 2.23. The van der Waals surface area contributed by atoms with Crippen molar-refractivity contribution in [3.05, 3.63) is 11.6 Å². The zero-order valence-corrected chi connectivity index (χ0v) is 8.81. The molecule has 0 atom stereocenters. The summed E-state index contributed by atoms with van der Waals surface area (Å²) in [6.45, 7) is 4.67. The number of carbonyl (C=O) groups is 1. The summed E-state index contributed by atoms with van der Waals surface area (Å²) in [5.74, 6) is 0. The van der Waals surface area contributed by atoms with Crippen molar-refractivity contribution in [1.82, 2.24) is 0 Å². The van der Waals surface area contributed by atoms with Gasteiger partial charge in [-0.2, -0.15) is 0 Å². The Kier molecular flexibility index (Phi) is 3.71.